The van der Waals surface area contributed by atoms with Crippen LogP contribution in [-0.2, 0) is 0 Å². The molecular formula is C15H13F3N2O2. The first-order valence-electron chi connectivity index (χ1n) is 6.65. The van der Waals surface area contributed by atoms with Crippen molar-refractivity contribution in [3.05, 3.63) is 53.5 Å². The van der Waals surface area contributed by atoms with Crippen molar-refractivity contribution in [3.63, 3.8) is 0 Å². The second-order valence-corrected chi connectivity index (χ2v) is 5.09. The molecule has 2 heterocycles. The van der Waals surface area contributed by atoms with Crippen molar-refractivity contribution >= 4 is 11.6 Å². The van der Waals surface area contributed by atoms with Crippen LogP contribution in [0.15, 0.2) is 40.8 Å². The first kappa shape index (κ1) is 14.5. The molecule has 1 atom stereocenters. The lowest BCUT2D eigenvalue weighted by atomic mass is 10.1. The van der Waals surface area contributed by atoms with E-state index in [0.29, 0.717) is 11.4 Å². The number of fused-ring (bicyclic) bond motifs is 1. The van der Waals surface area contributed by atoms with Crippen molar-refractivity contribution in [1.29, 1.82) is 0 Å². The van der Waals surface area contributed by atoms with Crippen molar-refractivity contribution < 1.29 is 22.4 Å². The predicted octanol–water partition coefficient (Wildman–Crippen LogP) is 3.72. The summed E-state index contributed by atoms with van der Waals surface area (Å²) in [5.74, 6) is 0.158. The fraction of sp³-hybridized carbons (Fsp3) is 0.267. The topological polar surface area (TPSA) is 45.5 Å². The molecule has 3 rings (SSSR count). The number of halogens is 3. The molecule has 1 aromatic carbocycles. The zero-order valence-electron chi connectivity index (χ0n) is 11.6. The number of alkyl halides is 3. The van der Waals surface area contributed by atoms with Gasteiger partial charge in [0, 0.05) is 5.69 Å². The van der Waals surface area contributed by atoms with Crippen LogP contribution >= 0.6 is 0 Å². The Kier molecular flexibility index (Phi) is 3.35. The van der Waals surface area contributed by atoms with Crippen LogP contribution in [0.5, 0.6) is 0 Å². The molecule has 2 aromatic rings. The molecule has 0 radical (unpaired) electrons. The Morgan fingerprint density at radius 2 is 1.95 bits per heavy atom. The highest BCUT2D eigenvalue weighted by Gasteiger charge is 2.41. The maximum Gasteiger partial charge on any atom is 0.406 e. The van der Waals surface area contributed by atoms with Crippen molar-refractivity contribution in [1.82, 2.24) is 4.90 Å². The molecule has 1 aliphatic rings. The molecule has 1 aliphatic heterocycles. The van der Waals surface area contributed by atoms with Gasteiger partial charge in [0.15, 0.2) is 6.17 Å². The van der Waals surface area contributed by atoms with E-state index in [1.165, 1.54) is 6.07 Å². The van der Waals surface area contributed by atoms with Crippen molar-refractivity contribution in [2.24, 2.45) is 0 Å². The summed E-state index contributed by atoms with van der Waals surface area (Å²) < 4.78 is 43.9. The summed E-state index contributed by atoms with van der Waals surface area (Å²) >= 11 is 0. The Bertz CT molecular complexity index is 709. The number of hydrogen-bond acceptors (Lipinski definition) is 3. The minimum Gasteiger partial charge on any atom is -0.462 e. The number of benzene rings is 1. The summed E-state index contributed by atoms with van der Waals surface area (Å²) in [7, 11) is 0. The van der Waals surface area contributed by atoms with Crippen LogP contribution in [0.25, 0.3) is 0 Å². The Balaban J connectivity index is 2.04. The van der Waals surface area contributed by atoms with Gasteiger partial charge in [-0.2, -0.15) is 13.2 Å². The number of nitrogens with zero attached hydrogens (tertiary/aromatic N) is 1. The highest BCUT2D eigenvalue weighted by Crippen LogP contribution is 2.35. The summed E-state index contributed by atoms with van der Waals surface area (Å²) in [4.78, 5) is 13.2. The van der Waals surface area contributed by atoms with Crippen LogP contribution in [0.2, 0.25) is 0 Å². The molecule has 4 nitrogen and oxygen atoms in total. The number of carbonyl (C=O) groups is 1. The molecule has 116 valence electrons. The minimum absolute atomic E-state index is 0.214. The van der Waals surface area contributed by atoms with Gasteiger partial charge in [-0.15, -0.1) is 0 Å². The van der Waals surface area contributed by atoms with Crippen molar-refractivity contribution in [3.8, 4) is 0 Å². The zero-order chi connectivity index (χ0) is 15.9. The predicted molar refractivity (Wildman–Crippen MR) is 73.3 cm³/mol. The van der Waals surface area contributed by atoms with Crippen LogP contribution in [0.3, 0.4) is 0 Å². The molecule has 0 saturated heterocycles. The number of hydrogen-bond donors (Lipinski definition) is 1. The molecule has 1 amide bonds. The Hall–Kier alpha value is -2.44. The molecule has 0 saturated carbocycles. The molecule has 1 unspecified atom stereocenters. The summed E-state index contributed by atoms with van der Waals surface area (Å²) in [6.07, 6.45) is -5.48. The fourth-order valence-electron chi connectivity index (χ4n) is 2.47. The van der Waals surface area contributed by atoms with Gasteiger partial charge in [-0.3, -0.25) is 4.79 Å². The third-order valence-corrected chi connectivity index (χ3v) is 3.40. The number of furan rings is 1. The fourth-order valence-corrected chi connectivity index (χ4v) is 2.47. The smallest absolute Gasteiger partial charge is 0.406 e. The summed E-state index contributed by atoms with van der Waals surface area (Å²) in [5.41, 5.74) is 0.705. The molecule has 0 fully saturated rings. The van der Waals surface area contributed by atoms with E-state index in [9.17, 15) is 18.0 Å². The van der Waals surface area contributed by atoms with E-state index in [2.05, 4.69) is 5.32 Å². The number of carbonyl (C=O) groups excluding carboxylic acids is 1. The van der Waals surface area contributed by atoms with E-state index >= 15 is 0 Å². The van der Waals surface area contributed by atoms with Gasteiger partial charge in [0.2, 0.25) is 0 Å². The first-order valence-corrected chi connectivity index (χ1v) is 6.65. The number of anilines is 1. The second-order valence-electron chi connectivity index (χ2n) is 5.09. The molecule has 0 bridgehead atoms. The maximum atomic E-state index is 12.8. The van der Waals surface area contributed by atoms with Gasteiger partial charge in [-0.05, 0) is 31.2 Å². The number of aryl methyl sites for hydroxylation is 1. The molecule has 1 aromatic heterocycles. The van der Waals surface area contributed by atoms with E-state index in [1.54, 1.807) is 37.3 Å². The van der Waals surface area contributed by atoms with Gasteiger partial charge in [-0.25, -0.2) is 0 Å². The monoisotopic (exact) mass is 310 g/mol. The molecule has 22 heavy (non-hydrogen) atoms. The maximum absolute atomic E-state index is 12.8. The standard InChI is InChI=1S/C15H13F3N2O2/c1-9-6-7-12(22-9)13-19-11-5-3-2-4-10(11)14(21)20(13)8-15(16,17)18/h2-7,13,19H,8H2,1H3. The lowest BCUT2D eigenvalue weighted by molar-refractivity contribution is -0.144. The third kappa shape index (κ3) is 2.66. The normalized spacial score (nSPS) is 18.1. The van der Waals surface area contributed by atoms with Crippen LogP contribution in [0.1, 0.15) is 28.0 Å². The molecule has 0 aliphatic carbocycles. The van der Waals surface area contributed by atoms with Gasteiger partial charge in [0.25, 0.3) is 5.91 Å². The summed E-state index contributed by atoms with van der Waals surface area (Å²) in [5, 5.41) is 2.94. The van der Waals surface area contributed by atoms with Gasteiger partial charge in [0.1, 0.15) is 18.1 Å². The highest BCUT2D eigenvalue weighted by atomic mass is 19.4. The van der Waals surface area contributed by atoms with Gasteiger partial charge >= 0.3 is 6.18 Å². The Morgan fingerprint density at radius 3 is 2.59 bits per heavy atom. The van der Waals surface area contributed by atoms with Gasteiger partial charge in [-0.1, -0.05) is 12.1 Å². The van der Waals surface area contributed by atoms with Crippen molar-refractivity contribution in [2.45, 2.75) is 19.3 Å². The average Bonchev–Trinajstić information content (AvgIpc) is 2.87. The van der Waals surface area contributed by atoms with E-state index in [4.69, 9.17) is 4.42 Å². The van der Waals surface area contributed by atoms with E-state index < -0.39 is 24.8 Å². The lowest BCUT2D eigenvalue weighted by Gasteiger charge is -2.37. The van der Waals surface area contributed by atoms with Gasteiger partial charge in [0.05, 0.1) is 5.56 Å². The Morgan fingerprint density at radius 1 is 1.23 bits per heavy atom. The largest absolute Gasteiger partial charge is 0.462 e. The summed E-state index contributed by atoms with van der Waals surface area (Å²) in [6, 6.07) is 9.69. The second kappa shape index (κ2) is 5.08. The van der Waals surface area contributed by atoms with E-state index in [0.717, 1.165) is 4.90 Å². The first-order chi connectivity index (χ1) is 10.3. The van der Waals surface area contributed by atoms with Crippen LogP contribution in [0, 0.1) is 6.92 Å². The van der Waals surface area contributed by atoms with Crippen molar-refractivity contribution in [2.75, 3.05) is 11.9 Å². The zero-order valence-corrected chi connectivity index (χ0v) is 11.6. The number of para-hydroxylation sites is 1. The van der Waals surface area contributed by atoms with E-state index in [-0.39, 0.29) is 11.3 Å². The number of amides is 1. The van der Waals surface area contributed by atoms with E-state index in [1.807, 2.05) is 0 Å². The summed E-state index contributed by atoms with van der Waals surface area (Å²) in [6.45, 7) is 0.341. The highest BCUT2D eigenvalue weighted by molar-refractivity contribution is 6.01. The molecule has 0 spiro atoms. The van der Waals surface area contributed by atoms with Crippen LogP contribution in [0.4, 0.5) is 18.9 Å². The molecule has 1 N–H and O–H groups in total. The average molecular weight is 310 g/mol. The van der Waals surface area contributed by atoms with Crippen LogP contribution in [-0.4, -0.2) is 23.5 Å². The Labute approximate surface area is 124 Å². The quantitative estimate of drug-likeness (QED) is 0.919. The minimum atomic E-state index is -4.50. The number of nitrogens with one attached hydrogen (secondary N) is 1. The van der Waals surface area contributed by atoms with Gasteiger partial charge < -0.3 is 14.6 Å². The molecule has 7 heteroatoms. The third-order valence-electron chi connectivity index (χ3n) is 3.40. The molecular weight excluding hydrogens is 297 g/mol. The number of rotatable bonds is 2. The lowest BCUT2D eigenvalue weighted by Crippen LogP contribution is -2.47. The SMILES string of the molecule is Cc1ccc(C2Nc3ccccc3C(=O)N2CC(F)(F)F)o1. The van der Waals surface area contributed by atoms with Crippen LogP contribution < -0.4 is 5.32 Å².